The summed E-state index contributed by atoms with van der Waals surface area (Å²) in [4.78, 5) is 4.77. The Balaban J connectivity index is 0.856. The maximum atomic E-state index is 6.31. The number of furan rings is 1. The molecule has 0 saturated heterocycles. The van der Waals surface area contributed by atoms with Crippen LogP contribution in [0, 0.1) is 0 Å². The average Bonchev–Trinajstić information content (AvgIpc) is 3.92. The highest BCUT2D eigenvalue weighted by molar-refractivity contribution is 7.18. The highest BCUT2D eigenvalue weighted by Gasteiger charge is 2.15. The standard InChI is InChI=1S/C52H37N3OS/c1-3-10-39(11-4-1)53-40-24-26-41(27-25-40)54-42-28-32-45(33-29-42)55(43-12-5-2-6-13-43)44-30-22-38(23-31-44)51-35-34-50(57-51)37-20-18-36(19-21-37)46-15-9-16-48-47-14-7-8-17-49(47)56-52(46)48/h1-35,53-54H. The van der Waals surface area contributed by atoms with Crippen LogP contribution < -0.4 is 15.5 Å². The molecule has 0 atom stereocenters. The molecular weight excluding hydrogens is 715 g/mol. The number of rotatable bonds is 10. The molecule has 2 aromatic heterocycles. The molecule has 5 heteroatoms. The molecule has 10 rings (SSSR count). The van der Waals surface area contributed by atoms with Crippen molar-refractivity contribution in [3.05, 3.63) is 212 Å². The van der Waals surface area contributed by atoms with E-state index >= 15 is 0 Å². The molecule has 8 aromatic carbocycles. The minimum absolute atomic E-state index is 0.918. The van der Waals surface area contributed by atoms with E-state index in [4.69, 9.17) is 4.42 Å². The minimum Gasteiger partial charge on any atom is -0.455 e. The van der Waals surface area contributed by atoms with Crippen molar-refractivity contribution in [3.8, 4) is 32.0 Å². The van der Waals surface area contributed by atoms with Crippen LogP contribution in [0.25, 0.3) is 53.9 Å². The third-order valence-corrected chi connectivity index (χ3v) is 11.5. The molecule has 0 aliphatic heterocycles. The van der Waals surface area contributed by atoms with Gasteiger partial charge in [0.15, 0.2) is 0 Å². The van der Waals surface area contributed by atoms with Gasteiger partial charge in [-0.05, 0) is 120 Å². The van der Waals surface area contributed by atoms with Gasteiger partial charge in [-0.3, -0.25) is 0 Å². The molecule has 0 spiro atoms. The van der Waals surface area contributed by atoms with Crippen molar-refractivity contribution in [2.75, 3.05) is 15.5 Å². The van der Waals surface area contributed by atoms with Crippen molar-refractivity contribution in [1.82, 2.24) is 0 Å². The Morgan fingerprint density at radius 2 is 0.807 bits per heavy atom. The van der Waals surface area contributed by atoms with Crippen LogP contribution in [0.4, 0.5) is 39.8 Å². The highest BCUT2D eigenvalue weighted by Crippen LogP contribution is 2.40. The van der Waals surface area contributed by atoms with Crippen LogP contribution in [0.2, 0.25) is 0 Å². The maximum Gasteiger partial charge on any atom is 0.143 e. The number of para-hydroxylation sites is 4. The Kier molecular flexibility index (Phi) is 9.03. The van der Waals surface area contributed by atoms with Crippen LogP contribution in [-0.4, -0.2) is 0 Å². The van der Waals surface area contributed by atoms with Gasteiger partial charge in [-0.2, -0.15) is 0 Å². The van der Waals surface area contributed by atoms with E-state index in [0.29, 0.717) is 0 Å². The van der Waals surface area contributed by atoms with Crippen LogP contribution in [0.1, 0.15) is 0 Å². The lowest BCUT2D eigenvalue weighted by molar-refractivity contribution is 0.670. The zero-order valence-corrected chi connectivity index (χ0v) is 31.8. The second-order valence-electron chi connectivity index (χ2n) is 14.0. The molecule has 0 unspecified atom stereocenters. The molecule has 0 radical (unpaired) electrons. The number of nitrogens with zero attached hydrogens (tertiary/aromatic N) is 1. The first kappa shape index (κ1) is 34.2. The predicted octanol–water partition coefficient (Wildman–Crippen LogP) is 15.6. The lowest BCUT2D eigenvalue weighted by Crippen LogP contribution is -2.09. The topological polar surface area (TPSA) is 40.4 Å². The zero-order valence-electron chi connectivity index (χ0n) is 31.0. The number of anilines is 7. The molecule has 0 amide bonds. The summed E-state index contributed by atoms with van der Waals surface area (Å²) < 4.78 is 6.31. The molecule has 0 aliphatic rings. The second-order valence-corrected chi connectivity index (χ2v) is 15.1. The van der Waals surface area contributed by atoms with Gasteiger partial charge >= 0.3 is 0 Å². The van der Waals surface area contributed by atoms with E-state index in [1.807, 2.05) is 41.7 Å². The fourth-order valence-corrected chi connectivity index (χ4v) is 8.44. The number of fused-ring (bicyclic) bond motifs is 3. The van der Waals surface area contributed by atoms with Crippen LogP contribution in [0.3, 0.4) is 0 Å². The van der Waals surface area contributed by atoms with Gasteiger partial charge in [0.1, 0.15) is 11.2 Å². The van der Waals surface area contributed by atoms with Gasteiger partial charge in [-0.15, -0.1) is 11.3 Å². The summed E-state index contributed by atoms with van der Waals surface area (Å²) >= 11 is 1.81. The first-order valence-corrected chi connectivity index (χ1v) is 19.9. The lowest BCUT2D eigenvalue weighted by atomic mass is 10.0. The fourth-order valence-electron chi connectivity index (χ4n) is 7.42. The van der Waals surface area contributed by atoms with Crippen molar-refractivity contribution in [2.24, 2.45) is 0 Å². The van der Waals surface area contributed by atoms with E-state index < -0.39 is 0 Å². The van der Waals surface area contributed by atoms with E-state index in [9.17, 15) is 0 Å². The van der Waals surface area contributed by atoms with Gasteiger partial charge in [-0.1, -0.05) is 109 Å². The molecular formula is C52H37N3OS. The molecule has 57 heavy (non-hydrogen) atoms. The van der Waals surface area contributed by atoms with E-state index in [2.05, 4.69) is 198 Å². The van der Waals surface area contributed by atoms with Crippen molar-refractivity contribution < 1.29 is 4.42 Å². The Morgan fingerprint density at radius 3 is 1.44 bits per heavy atom. The Bertz CT molecular complexity index is 2920. The van der Waals surface area contributed by atoms with Gasteiger partial charge < -0.3 is 20.0 Å². The normalized spacial score (nSPS) is 11.2. The van der Waals surface area contributed by atoms with Crippen molar-refractivity contribution in [3.63, 3.8) is 0 Å². The molecule has 0 aliphatic carbocycles. The van der Waals surface area contributed by atoms with Gasteiger partial charge in [0.25, 0.3) is 0 Å². The summed E-state index contributed by atoms with van der Waals surface area (Å²) in [6.07, 6.45) is 0. The summed E-state index contributed by atoms with van der Waals surface area (Å²) in [6, 6.07) is 74.5. The van der Waals surface area contributed by atoms with Crippen molar-refractivity contribution in [2.45, 2.75) is 0 Å². The van der Waals surface area contributed by atoms with E-state index in [0.717, 1.165) is 72.9 Å². The zero-order chi connectivity index (χ0) is 38.0. The molecule has 2 N–H and O–H groups in total. The maximum absolute atomic E-state index is 6.31. The van der Waals surface area contributed by atoms with E-state index in [1.54, 1.807) is 0 Å². The summed E-state index contributed by atoms with van der Waals surface area (Å²) in [5, 5.41) is 9.29. The summed E-state index contributed by atoms with van der Waals surface area (Å²) in [5.41, 5.74) is 14.0. The molecule has 0 saturated carbocycles. The average molecular weight is 752 g/mol. The lowest BCUT2D eigenvalue weighted by Gasteiger charge is -2.26. The first-order valence-electron chi connectivity index (χ1n) is 19.1. The largest absolute Gasteiger partial charge is 0.455 e. The number of hydrogen-bond donors (Lipinski definition) is 2. The second kappa shape index (κ2) is 15.1. The highest BCUT2D eigenvalue weighted by atomic mass is 32.1. The summed E-state index contributed by atoms with van der Waals surface area (Å²) in [6.45, 7) is 0. The smallest absolute Gasteiger partial charge is 0.143 e. The predicted molar refractivity (Wildman–Crippen MR) is 242 cm³/mol. The molecule has 10 aromatic rings. The fraction of sp³-hybridized carbons (Fsp3) is 0. The summed E-state index contributed by atoms with van der Waals surface area (Å²) in [5.74, 6) is 0. The van der Waals surface area contributed by atoms with E-state index in [1.165, 1.54) is 20.9 Å². The van der Waals surface area contributed by atoms with Gasteiger partial charge in [0.2, 0.25) is 0 Å². The monoisotopic (exact) mass is 751 g/mol. The molecule has 0 fully saturated rings. The quantitative estimate of drug-likeness (QED) is 0.146. The number of hydrogen-bond acceptors (Lipinski definition) is 5. The van der Waals surface area contributed by atoms with E-state index in [-0.39, 0.29) is 0 Å². The number of nitrogens with one attached hydrogen (secondary N) is 2. The third kappa shape index (κ3) is 7.04. The van der Waals surface area contributed by atoms with Crippen LogP contribution in [-0.2, 0) is 0 Å². The van der Waals surface area contributed by atoms with Gasteiger partial charge in [-0.25, -0.2) is 0 Å². The molecule has 2 heterocycles. The first-order chi connectivity index (χ1) is 28.2. The molecule has 272 valence electrons. The van der Waals surface area contributed by atoms with Crippen molar-refractivity contribution >= 4 is 73.1 Å². The van der Waals surface area contributed by atoms with Crippen LogP contribution in [0.15, 0.2) is 217 Å². The Morgan fingerprint density at radius 1 is 0.351 bits per heavy atom. The minimum atomic E-state index is 0.918. The Hall–Kier alpha value is -7.34. The van der Waals surface area contributed by atoms with Crippen LogP contribution in [0.5, 0.6) is 0 Å². The molecule has 4 nitrogen and oxygen atoms in total. The van der Waals surface area contributed by atoms with Crippen molar-refractivity contribution in [1.29, 1.82) is 0 Å². The van der Waals surface area contributed by atoms with Gasteiger partial charge in [0.05, 0.1) is 0 Å². The number of thiophene rings is 1. The third-order valence-electron chi connectivity index (χ3n) is 10.3. The number of benzene rings is 8. The SMILES string of the molecule is c1ccc(Nc2ccc(Nc3ccc(N(c4ccccc4)c4ccc(-c5ccc(-c6ccc(-c7cccc8c7oc7ccccc78)cc6)s5)cc4)cc3)cc2)cc1. The van der Waals surface area contributed by atoms with Crippen LogP contribution >= 0.6 is 11.3 Å². The Labute approximate surface area is 335 Å². The van der Waals surface area contributed by atoms with Gasteiger partial charge in [0, 0.05) is 65.9 Å². The molecule has 0 bridgehead atoms. The summed E-state index contributed by atoms with van der Waals surface area (Å²) in [7, 11) is 0.